The molecule has 0 aliphatic heterocycles. The lowest BCUT2D eigenvalue weighted by Gasteiger charge is -2.19. The van der Waals surface area contributed by atoms with E-state index in [0.29, 0.717) is 5.92 Å². The van der Waals surface area contributed by atoms with Crippen LogP contribution >= 0.6 is 0 Å². The van der Waals surface area contributed by atoms with Crippen LogP contribution in [0.2, 0.25) is 0 Å². The average molecular weight is 271 g/mol. The number of hydrogen-bond donors (Lipinski definition) is 2. The van der Waals surface area contributed by atoms with E-state index in [4.69, 9.17) is 11.5 Å². The van der Waals surface area contributed by atoms with E-state index in [1.54, 1.807) is 0 Å². The average Bonchev–Trinajstić information content (AvgIpc) is 2.91. The maximum absolute atomic E-state index is 6.44. The lowest BCUT2D eigenvalue weighted by Crippen LogP contribution is -2.14. The summed E-state index contributed by atoms with van der Waals surface area (Å²) >= 11 is 0. The molecule has 5 nitrogen and oxygen atoms in total. The third-order valence-electron chi connectivity index (χ3n) is 4.15. The first-order valence-corrected chi connectivity index (χ1v) is 7.11. The second kappa shape index (κ2) is 4.81. The number of nitrogen functional groups attached to an aromatic ring is 2. The highest BCUT2D eigenvalue weighted by Gasteiger charge is 2.22. The third kappa shape index (κ3) is 2.03. The van der Waals surface area contributed by atoms with Gasteiger partial charge in [-0.15, -0.1) is 0 Å². The number of aromatic nitrogens is 2. The summed E-state index contributed by atoms with van der Waals surface area (Å²) in [5.41, 5.74) is 15.1. The van der Waals surface area contributed by atoms with Crippen LogP contribution in [0.3, 0.4) is 0 Å². The molecule has 1 saturated carbocycles. The van der Waals surface area contributed by atoms with Gasteiger partial charge < -0.3 is 16.4 Å². The molecule has 0 spiro atoms. The highest BCUT2D eigenvalue weighted by Crippen LogP contribution is 2.41. The van der Waals surface area contributed by atoms with Gasteiger partial charge in [0.25, 0.3) is 0 Å². The van der Waals surface area contributed by atoms with Gasteiger partial charge in [-0.1, -0.05) is 18.9 Å². The molecule has 1 aromatic heterocycles. The quantitative estimate of drug-likeness (QED) is 0.820. The predicted octanol–water partition coefficient (Wildman–Crippen LogP) is 2.52. The van der Waals surface area contributed by atoms with E-state index in [1.165, 1.54) is 31.2 Å². The van der Waals surface area contributed by atoms with Gasteiger partial charge >= 0.3 is 0 Å². The van der Waals surface area contributed by atoms with Crippen molar-refractivity contribution < 1.29 is 0 Å². The third-order valence-corrected chi connectivity index (χ3v) is 4.15. The number of benzene rings is 1. The molecule has 0 radical (unpaired) electrons. The summed E-state index contributed by atoms with van der Waals surface area (Å²) in [5, 5.41) is 0.925. The Labute approximate surface area is 119 Å². The molecule has 1 heterocycles. The van der Waals surface area contributed by atoms with Crippen LogP contribution in [0.5, 0.6) is 0 Å². The Kier molecular flexibility index (Phi) is 3.12. The van der Waals surface area contributed by atoms with Gasteiger partial charge in [-0.2, -0.15) is 4.98 Å². The molecule has 1 aliphatic carbocycles. The van der Waals surface area contributed by atoms with E-state index in [9.17, 15) is 0 Å². The molecule has 1 fully saturated rings. The molecule has 0 saturated heterocycles. The SMILES string of the molecule is CN(C)c1nc(N)nc2ccc(C3CCCC3)c(N)c12. The minimum atomic E-state index is 0.286. The first-order valence-electron chi connectivity index (χ1n) is 7.11. The smallest absolute Gasteiger partial charge is 0.222 e. The second-order valence-electron chi connectivity index (χ2n) is 5.74. The van der Waals surface area contributed by atoms with E-state index in [2.05, 4.69) is 16.0 Å². The summed E-state index contributed by atoms with van der Waals surface area (Å²) in [5.74, 6) is 1.66. The molecule has 1 aliphatic rings. The number of fused-ring (bicyclic) bond motifs is 1. The summed E-state index contributed by atoms with van der Waals surface area (Å²) in [7, 11) is 3.89. The van der Waals surface area contributed by atoms with Gasteiger partial charge in [0.2, 0.25) is 5.95 Å². The highest BCUT2D eigenvalue weighted by atomic mass is 15.2. The van der Waals surface area contributed by atoms with Crippen molar-refractivity contribution in [1.82, 2.24) is 9.97 Å². The minimum Gasteiger partial charge on any atom is -0.398 e. The van der Waals surface area contributed by atoms with Crippen molar-refractivity contribution in [3.05, 3.63) is 17.7 Å². The van der Waals surface area contributed by atoms with E-state index in [0.717, 1.165) is 22.4 Å². The standard InChI is InChI=1S/C15H21N5/c1-20(2)14-12-11(18-15(17)19-14)8-7-10(13(12)16)9-5-3-4-6-9/h7-9H,3-6,16H2,1-2H3,(H2,17,18,19). The molecular formula is C15H21N5. The zero-order valence-electron chi connectivity index (χ0n) is 12.1. The van der Waals surface area contributed by atoms with Crippen LogP contribution in [0.25, 0.3) is 10.9 Å². The molecule has 20 heavy (non-hydrogen) atoms. The van der Waals surface area contributed by atoms with Gasteiger partial charge in [-0.3, -0.25) is 0 Å². The first kappa shape index (κ1) is 13.0. The van der Waals surface area contributed by atoms with Crippen molar-refractivity contribution in [2.24, 2.45) is 0 Å². The maximum atomic E-state index is 6.44. The molecule has 3 rings (SSSR count). The molecule has 0 atom stereocenters. The molecule has 4 N–H and O–H groups in total. The van der Waals surface area contributed by atoms with Crippen molar-refractivity contribution in [3.8, 4) is 0 Å². The number of anilines is 3. The van der Waals surface area contributed by atoms with E-state index in [-0.39, 0.29) is 5.95 Å². The van der Waals surface area contributed by atoms with E-state index < -0.39 is 0 Å². The molecule has 2 aromatic rings. The topological polar surface area (TPSA) is 81.1 Å². The minimum absolute atomic E-state index is 0.286. The maximum Gasteiger partial charge on any atom is 0.222 e. The number of hydrogen-bond acceptors (Lipinski definition) is 5. The number of rotatable bonds is 2. The molecule has 0 bridgehead atoms. The Morgan fingerprint density at radius 2 is 1.80 bits per heavy atom. The predicted molar refractivity (Wildman–Crippen MR) is 83.9 cm³/mol. The van der Waals surface area contributed by atoms with Crippen molar-refractivity contribution >= 4 is 28.4 Å². The normalized spacial score (nSPS) is 15.9. The van der Waals surface area contributed by atoms with Crippen LogP contribution < -0.4 is 16.4 Å². The number of nitrogens with two attached hydrogens (primary N) is 2. The number of nitrogens with zero attached hydrogens (tertiary/aromatic N) is 3. The fourth-order valence-electron chi connectivity index (χ4n) is 3.18. The van der Waals surface area contributed by atoms with Gasteiger partial charge in [0.1, 0.15) is 5.82 Å². The fraction of sp³-hybridized carbons (Fsp3) is 0.467. The largest absolute Gasteiger partial charge is 0.398 e. The summed E-state index contributed by atoms with van der Waals surface area (Å²) in [6.07, 6.45) is 5.04. The Morgan fingerprint density at radius 3 is 2.45 bits per heavy atom. The van der Waals surface area contributed by atoms with Crippen LogP contribution in [-0.4, -0.2) is 24.1 Å². The molecule has 5 heteroatoms. The molecule has 0 unspecified atom stereocenters. The summed E-state index contributed by atoms with van der Waals surface area (Å²) < 4.78 is 0. The summed E-state index contributed by atoms with van der Waals surface area (Å²) in [6, 6.07) is 4.13. The molecular weight excluding hydrogens is 250 g/mol. The Bertz CT molecular complexity index is 644. The Balaban J connectivity index is 2.24. The van der Waals surface area contributed by atoms with E-state index >= 15 is 0 Å². The van der Waals surface area contributed by atoms with Gasteiger partial charge in [0.05, 0.1) is 10.9 Å². The van der Waals surface area contributed by atoms with Crippen molar-refractivity contribution in [2.75, 3.05) is 30.5 Å². The second-order valence-corrected chi connectivity index (χ2v) is 5.74. The Hall–Kier alpha value is -2.04. The molecule has 0 amide bonds. The van der Waals surface area contributed by atoms with Gasteiger partial charge in [-0.25, -0.2) is 4.98 Å². The van der Waals surface area contributed by atoms with Crippen LogP contribution in [0.15, 0.2) is 12.1 Å². The monoisotopic (exact) mass is 271 g/mol. The van der Waals surface area contributed by atoms with E-state index in [1.807, 2.05) is 25.1 Å². The van der Waals surface area contributed by atoms with Crippen LogP contribution in [0.4, 0.5) is 17.5 Å². The van der Waals surface area contributed by atoms with Gasteiger partial charge in [0.15, 0.2) is 0 Å². The zero-order valence-corrected chi connectivity index (χ0v) is 12.1. The van der Waals surface area contributed by atoms with Crippen LogP contribution in [0.1, 0.15) is 37.2 Å². The van der Waals surface area contributed by atoms with Crippen molar-refractivity contribution in [1.29, 1.82) is 0 Å². The zero-order chi connectivity index (χ0) is 14.3. The van der Waals surface area contributed by atoms with Gasteiger partial charge in [0, 0.05) is 19.8 Å². The van der Waals surface area contributed by atoms with Crippen molar-refractivity contribution in [2.45, 2.75) is 31.6 Å². The van der Waals surface area contributed by atoms with Crippen LogP contribution in [-0.2, 0) is 0 Å². The van der Waals surface area contributed by atoms with Crippen LogP contribution in [0, 0.1) is 0 Å². The Morgan fingerprint density at radius 1 is 1.10 bits per heavy atom. The fourth-order valence-corrected chi connectivity index (χ4v) is 3.18. The highest BCUT2D eigenvalue weighted by molar-refractivity contribution is 6.01. The molecule has 1 aromatic carbocycles. The summed E-state index contributed by atoms with van der Waals surface area (Å²) in [4.78, 5) is 10.6. The lowest BCUT2D eigenvalue weighted by atomic mass is 9.94. The molecule has 106 valence electrons. The van der Waals surface area contributed by atoms with Crippen molar-refractivity contribution in [3.63, 3.8) is 0 Å². The van der Waals surface area contributed by atoms with Gasteiger partial charge in [-0.05, 0) is 30.4 Å². The first-order chi connectivity index (χ1) is 9.58. The summed E-state index contributed by atoms with van der Waals surface area (Å²) in [6.45, 7) is 0. The lowest BCUT2D eigenvalue weighted by molar-refractivity contribution is 0.726.